The quantitative estimate of drug-likeness (QED) is 0.222. The topological polar surface area (TPSA) is 49.8 Å². The highest BCUT2D eigenvalue weighted by Gasteiger charge is 2.15. The molecular formula is C36H30N4. The van der Waals surface area contributed by atoms with Crippen molar-refractivity contribution in [1.29, 1.82) is 0 Å². The third kappa shape index (κ3) is 5.07. The van der Waals surface area contributed by atoms with E-state index in [0.29, 0.717) is 0 Å². The van der Waals surface area contributed by atoms with Gasteiger partial charge in [0.15, 0.2) is 0 Å². The molecule has 6 rings (SSSR count). The number of rotatable bonds is 7. The first-order valence-corrected chi connectivity index (χ1v) is 13.4. The monoisotopic (exact) mass is 518 g/mol. The molecule has 0 saturated carbocycles. The van der Waals surface area contributed by atoms with E-state index >= 15 is 0 Å². The van der Waals surface area contributed by atoms with Gasteiger partial charge in [-0.15, -0.1) is 0 Å². The number of anilines is 2. The molecule has 0 unspecified atom stereocenters. The van der Waals surface area contributed by atoms with Crippen LogP contribution in [-0.4, -0.2) is 24.1 Å². The molecule has 4 aromatic carbocycles. The van der Waals surface area contributed by atoms with Crippen LogP contribution in [0.25, 0.3) is 55.9 Å². The predicted octanol–water partition coefficient (Wildman–Crippen LogP) is 8.90. The van der Waals surface area contributed by atoms with Crippen molar-refractivity contribution in [3.8, 4) is 55.9 Å². The van der Waals surface area contributed by atoms with E-state index in [2.05, 4.69) is 120 Å². The lowest BCUT2D eigenvalue weighted by Crippen LogP contribution is -1.96. The molecule has 0 fully saturated rings. The lowest BCUT2D eigenvalue weighted by Gasteiger charge is -2.15. The van der Waals surface area contributed by atoms with Gasteiger partial charge in [-0.25, -0.2) is 0 Å². The van der Waals surface area contributed by atoms with Crippen LogP contribution in [0.15, 0.2) is 134 Å². The number of benzene rings is 4. The fourth-order valence-corrected chi connectivity index (χ4v) is 5.05. The average Bonchev–Trinajstić information content (AvgIpc) is 3.05. The van der Waals surface area contributed by atoms with E-state index in [9.17, 15) is 0 Å². The number of pyridine rings is 2. The van der Waals surface area contributed by atoms with Crippen LogP contribution in [0.2, 0.25) is 0 Å². The summed E-state index contributed by atoms with van der Waals surface area (Å²) in [4.78, 5) is 9.88. The molecule has 0 aliphatic heterocycles. The Balaban J connectivity index is 1.52. The molecule has 0 radical (unpaired) electrons. The summed E-state index contributed by atoms with van der Waals surface area (Å²) in [6.07, 6.45) is 3.95. The molecule has 194 valence electrons. The molecule has 4 nitrogen and oxygen atoms in total. The fourth-order valence-electron chi connectivity index (χ4n) is 5.05. The maximum atomic E-state index is 4.94. The first-order chi connectivity index (χ1) is 19.7. The molecule has 0 spiro atoms. The van der Waals surface area contributed by atoms with Crippen molar-refractivity contribution in [1.82, 2.24) is 9.97 Å². The molecule has 0 aliphatic carbocycles. The molecule has 0 saturated heterocycles. The van der Waals surface area contributed by atoms with Crippen molar-refractivity contribution in [2.75, 3.05) is 24.7 Å². The van der Waals surface area contributed by atoms with Crippen molar-refractivity contribution in [2.24, 2.45) is 0 Å². The van der Waals surface area contributed by atoms with Crippen LogP contribution < -0.4 is 10.6 Å². The largest absolute Gasteiger partial charge is 0.388 e. The van der Waals surface area contributed by atoms with E-state index in [-0.39, 0.29) is 0 Å². The van der Waals surface area contributed by atoms with Crippen molar-refractivity contribution in [3.05, 3.63) is 134 Å². The lowest BCUT2D eigenvalue weighted by molar-refractivity contribution is 1.25. The minimum atomic E-state index is 0.833. The van der Waals surface area contributed by atoms with Crippen LogP contribution in [0.4, 0.5) is 11.4 Å². The molecule has 2 aromatic heterocycles. The minimum absolute atomic E-state index is 0.833. The standard InChI is InChI=1S/C36H30N4/c1-37-29-17-9-15-27(19-29)33-23-39-35(21-31(33)25-11-5-3-6-12-25)36-22-32(26-13-7-4-8-14-26)34(24-40-36)28-16-10-18-30(20-28)38-2/h3-24,37-38H,1-2H3. The summed E-state index contributed by atoms with van der Waals surface area (Å²) in [6.45, 7) is 0. The van der Waals surface area contributed by atoms with Crippen molar-refractivity contribution < 1.29 is 0 Å². The third-order valence-electron chi connectivity index (χ3n) is 7.16. The zero-order valence-corrected chi connectivity index (χ0v) is 22.6. The van der Waals surface area contributed by atoms with Crippen LogP contribution in [-0.2, 0) is 0 Å². The Morgan fingerprint density at radius 1 is 0.400 bits per heavy atom. The number of hydrogen-bond donors (Lipinski definition) is 2. The zero-order valence-electron chi connectivity index (χ0n) is 22.6. The summed E-state index contributed by atoms with van der Waals surface area (Å²) < 4.78 is 0. The Hall–Kier alpha value is -5.22. The summed E-state index contributed by atoms with van der Waals surface area (Å²) >= 11 is 0. The van der Waals surface area contributed by atoms with E-state index in [1.54, 1.807) is 0 Å². The smallest absolute Gasteiger partial charge is 0.0893 e. The SMILES string of the molecule is CNc1cccc(-c2cnc(-c3cc(-c4ccccc4)c(-c4cccc(NC)c4)cn3)cc2-c2ccccc2)c1. The van der Waals surface area contributed by atoms with Gasteiger partial charge in [0.2, 0.25) is 0 Å². The van der Waals surface area contributed by atoms with Gasteiger partial charge in [0.05, 0.1) is 11.4 Å². The highest BCUT2D eigenvalue weighted by Crippen LogP contribution is 2.38. The lowest BCUT2D eigenvalue weighted by atomic mass is 9.93. The van der Waals surface area contributed by atoms with Crippen molar-refractivity contribution in [3.63, 3.8) is 0 Å². The first kappa shape index (κ1) is 25.1. The van der Waals surface area contributed by atoms with Gasteiger partial charge in [0.25, 0.3) is 0 Å². The van der Waals surface area contributed by atoms with Crippen LogP contribution in [0.5, 0.6) is 0 Å². The first-order valence-electron chi connectivity index (χ1n) is 13.4. The predicted molar refractivity (Wildman–Crippen MR) is 168 cm³/mol. The average molecular weight is 519 g/mol. The highest BCUT2D eigenvalue weighted by atomic mass is 14.8. The van der Waals surface area contributed by atoms with Gasteiger partial charge >= 0.3 is 0 Å². The number of nitrogens with one attached hydrogen (secondary N) is 2. The Morgan fingerprint density at radius 3 is 1.20 bits per heavy atom. The Labute approximate surface area is 235 Å². The van der Waals surface area contributed by atoms with Crippen molar-refractivity contribution >= 4 is 11.4 Å². The van der Waals surface area contributed by atoms with Gasteiger partial charge in [-0.1, -0.05) is 84.9 Å². The molecule has 2 N–H and O–H groups in total. The third-order valence-corrected chi connectivity index (χ3v) is 7.16. The molecule has 0 amide bonds. The number of hydrogen-bond acceptors (Lipinski definition) is 4. The van der Waals surface area contributed by atoms with Crippen LogP contribution in [0.3, 0.4) is 0 Å². The van der Waals surface area contributed by atoms with Gasteiger partial charge in [-0.2, -0.15) is 0 Å². The highest BCUT2D eigenvalue weighted by molar-refractivity contribution is 5.89. The van der Waals surface area contributed by atoms with Gasteiger partial charge in [0.1, 0.15) is 0 Å². The Kier molecular flexibility index (Phi) is 7.06. The Morgan fingerprint density at radius 2 is 0.800 bits per heavy atom. The molecule has 4 heteroatoms. The summed E-state index contributed by atoms with van der Waals surface area (Å²) in [5, 5.41) is 6.49. The second kappa shape index (κ2) is 11.3. The second-order valence-corrected chi connectivity index (χ2v) is 9.62. The van der Waals surface area contributed by atoms with Crippen LogP contribution in [0, 0.1) is 0 Å². The molecule has 6 aromatic rings. The van der Waals surface area contributed by atoms with E-state index in [4.69, 9.17) is 9.97 Å². The second-order valence-electron chi connectivity index (χ2n) is 9.62. The number of nitrogens with zero attached hydrogens (tertiary/aromatic N) is 2. The van der Waals surface area contributed by atoms with Crippen LogP contribution >= 0.6 is 0 Å². The molecule has 2 heterocycles. The minimum Gasteiger partial charge on any atom is -0.388 e. The molecule has 0 aliphatic rings. The normalized spacial score (nSPS) is 10.8. The summed E-state index contributed by atoms with van der Waals surface area (Å²) in [5.74, 6) is 0. The van der Waals surface area contributed by atoms with Gasteiger partial charge in [-0.3, -0.25) is 9.97 Å². The van der Waals surface area contributed by atoms with Gasteiger partial charge in [0, 0.05) is 49.0 Å². The molecule has 0 atom stereocenters. The van der Waals surface area contributed by atoms with Gasteiger partial charge < -0.3 is 10.6 Å². The zero-order chi connectivity index (χ0) is 27.3. The van der Waals surface area contributed by atoms with E-state index in [0.717, 1.165) is 67.3 Å². The fraction of sp³-hybridized carbons (Fsp3) is 0.0556. The number of aromatic nitrogens is 2. The summed E-state index contributed by atoms with van der Waals surface area (Å²) in [5.41, 5.74) is 12.7. The summed E-state index contributed by atoms with van der Waals surface area (Å²) in [6, 6.07) is 42.1. The van der Waals surface area contributed by atoms with Crippen LogP contribution in [0.1, 0.15) is 0 Å². The molecule has 40 heavy (non-hydrogen) atoms. The van der Waals surface area contributed by atoms with E-state index < -0.39 is 0 Å². The van der Waals surface area contributed by atoms with Crippen molar-refractivity contribution in [2.45, 2.75) is 0 Å². The molecular weight excluding hydrogens is 488 g/mol. The molecule has 0 bridgehead atoms. The maximum Gasteiger partial charge on any atom is 0.0893 e. The summed E-state index contributed by atoms with van der Waals surface area (Å²) in [7, 11) is 3.88. The Bertz CT molecular complexity index is 1630. The van der Waals surface area contributed by atoms with Gasteiger partial charge in [-0.05, 0) is 69.8 Å². The van der Waals surface area contributed by atoms with E-state index in [1.807, 2.05) is 38.6 Å². The maximum absolute atomic E-state index is 4.94. The van der Waals surface area contributed by atoms with E-state index in [1.165, 1.54) is 0 Å².